The third-order valence-corrected chi connectivity index (χ3v) is 6.74. The van der Waals surface area contributed by atoms with Crippen LogP contribution in [0.2, 0.25) is 0 Å². The normalized spacial score (nSPS) is 15.5. The summed E-state index contributed by atoms with van der Waals surface area (Å²) < 4.78 is 20.7. The van der Waals surface area contributed by atoms with E-state index >= 15 is 0 Å². The molecule has 1 atom stereocenters. The number of hydrogen-bond acceptors (Lipinski definition) is 5. The number of ether oxygens (including phenoxy) is 1. The Kier molecular flexibility index (Phi) is 6.48. The molecular formula is C25H25FN4O2S. The lowest BCUT2D eigenvalue weighted by Crippen LogP contribution is -2.43. The Balaban J connectivity index is 1.31. The number of nitrogens with one attached hydrogen (secondary N) is 1. The summed E-state index contributed by atoms with van der Waals surface area (Å²) >= 11 is 1.49. The zero-order chi connectivity index (χ0) is 22.6. The maximum absolute atomic E-state index is 13.3. The van der Waals surface area contributed by atoms with Crippen LogP contribution < -0.4 is 5.32 Å². The molecule has 1 aliphatic heterocycles. The van der Waals surface area contributed by atoms with Gasteiger partial charge in [-0.3, -0.25) is 14.1 Å². The van der Waals surface area contributed by atoms with Crippen molar-refractivity contribution >= 4 is 22.2 Å². The monoisotopic (exact) mass is 464 g/mol. The van der Waals surface area contributed by atoms with Gasteiger partial charge in [0, 0.05) is 42.5 Å². The Hall–Kier alpha value is -3.07. The first-order valence-electron chi connectivity index (χ1n) is 11.0. The average Bonchev–Trinajstić information content (AvgIpc) is 3.42. The van der Waals surface area contributed by atoms with E-state index in [2.05, 4.69) is 27.3 Å². The second-order valence-electron chi connectivity index (χ2n) is 8.13. The molecule has 0 radical (unpaired) electrons. The Morgan fingerprint density at radius 3 is 2.64 bits per heavy atom. The van der Waals surface area contributed by atoms with Crippen molar-refractivity contribution in [2.75, 3.05) is 32.8 Å². The summed E-state index contributed by atoms with van der Waals surface area (Å²) in [4.78, 5) is 20.8. The number of morpholine rings is 1. The Labute approximate surface area is 195 Å². The number of aromatic nitrogens is 2. The molecule has 2 aromatic carbocycles. The van der Waals surface area contributed by atoms with Gasteiger partial charge in [-0.1, -0.05) is 30.3 Å². The minimum atomic E-state index is -0.276. The van der Waals surface area contributed by atoms with Crippen molar-refractivity contribution < 1.29 is 13.9 Å². The first kappa shape index (κ1) is 21.8. The fourth-order valence-corrected chi connectivity index (χ4v) is 4.96. The number of hydrogen-bond donors (Lipinski definition) is 1. The molecule has 1 aliphatic rings. The molecule has 1 N–H and O–H groups in total. The van der Waals surface area contributed by atoms with Crippen LogP contribution in [-0.2, 0) is 16.0 Å². The first-order valence-corrected chi connectivity index (χ1v) is 11.9. The predicted octanol–water partition coefficient (Wildman–Crippen LogP) is 3.93. The number of rotatable bonds is 7. The number of halogens is 1. The molecule has 2 aromatic heterocycles. The molecule has 0 unspecified atom stereocenters. The van der Waals surface area contributed by atoms with Crippen molar-refractivity contribution in [3.05, 3.63) is 83.2 Å². The zero-order valence-corrected chi connectivity index (χ0v) is 18.9. The number of nitrogens with zero attached hydrogens (tertiary/aromatic N) is 3. The molecule has 170 valence electrons. The van der Waals surface area contributed by atoms with Crippen LogP contribution in [0.4, 0.5) is 4.39 Å². The van der Waals surface area contributed by atoms with E-state index in [4.69, 9.17) is 4.74 Å². The Bertz CT molecular complexity index is 1220. The first-order chi connectivity index (χ1) is 16.2. The van der Waals surface area contributed by atoms with Gasteiger partial charge in [0.25, 0.3) is 0 Å². The molecule has 1 fully saturated rings. The van der Waals surface area contributed by atoms with Gasteiger partial charge in [-0.2, -0.15) is 0 Å². The SMILES string of the molecule is O=C(Cc1csc2nc(-c3ccc(F)cc3)cn12)N[C@@H](CN1CCOCC1)c1ccccc1. The third kappa shape index (κ3) is 5.13. The summed E-state index contributed by atoms with van der Waals surface area (Å²) in [6.07, 6.45) is 2.16. The highest BCUT2D eigenvalue weighted by Crippen LogP contribution is 2.24. The molecule has 33 heavy (non-hydrogen) atoms. The highest BCUT2D eigenvalue weighted by Gasteiger charge is 2.21. The number of thiazole rings is 1. The average molecular weight is 465 g/mol. The molecule has 8 heteroatoms. The molecule has 0 spiro atoms. The standard InChI is InChI=1S/C25H25FN4O2S/c26-20-8-6-19(7-9-20)23-16-30-21(17-33-25(30)28-23)14-24(31)27-22(18-4-2-1-3-5-18)15-29-10-12-32-13-11-29/h1-9,16-17,22H,10-15H2,(H,27,31)/t22-/m0/s1. The summed E-state index contributed by atoms with van der Waals surface area (Å²) in [6.45, 7) is 3.92. The van der Waals surface area contributed by atoms with Gasteiger partial charge >= 0.3 is 0 Å². The van der Waals surface area contributed by atoms with E-state index in [1.165, 1.54) is 23.5 Å². The van der Waals surface area contributed by atoms with Gasteiger partial charge in [-0.15, -0.1) is 11.3 Å². The van der Waals surface area contributed by atoms with E-state index in [-0.39, 0.29) is 24.2 Å². The summed E-state index contributed by atoms with van der Waals surface area (Å²) in [6, 6.07) is 16.3. The van der Waals surface area contributed by atoms with Crippen molar-refractivity contribution in [3.63, 3.8) is 0 Å². The van der Waals surface area contributed by atoms with Gasteiger partial charge in [0.15, 0.2) is 4.96 Å². The Morgan fingerprint density at radius 2 is 1.88 bits per heavy atom. The van der Waals surface area contributed by atoms with Gasteiger partial charge < -0.3 is 10.1 Å². The molecule has 0 bridgehead atoms. The van der Waals surface area contributed by atoms with Crippen LogP contribution in [0.15, 0.2) is 66.2 Å². The second-order valence-corrected chi connectivity index (χ2v) is 8.97. The van der Waals surface area contributed by atoms with E-state index in [0.29, 0.717) is 0 Å². The quantitative estimate of drug-likeness (QED) is 0.450. The summed E-state index contributed by atoms with van der Waals surface area (Å²) in [5.74, 6) is -0.309. The summed E-state index contributed by atoms with van der Waals surface area (Å²) in [7, 11) is 0. The smallest absolute Gasteiger partial charge is 0.226 e. The molecule has 0 saturated carbocycles. The zero-order valence-electron chi connectivity index (χ0n) is 18.1. The van der Waals surface area contributed by atoms with E-state index in [1.54, 1.807) is 12.1 Å². The van der Waals surface area contributed by atoms with Crippen molar-refractivity contribution in [2.45, 2.75) is 12.5 Å². The molecular weight excluding hydrogens is 439 g/mol. The van der Waals surface area contributed by atoms with Gasteiger partial charge in [0.2, 0.25) is 5.91 Å². The number of fused-ring (bicyclic) bond motifs is 1. The molecule has 1 saturated heterocycles. The van der Waals surface area contributed by atoms with Crippen LogP contribution in [0, 0.1) is 5.82 Å². The lowest BCUT2D eigenvalue weighted by atomic mass is 10.1. The number of carbonyl (C=O) groups is 1. The van der Waals surface area contributed by atoms with Gasteiger partial charge in [-0.25, -0.2) is 9.37 Å². The summed E-state index contributed by atoms with van der Waals surface area (Å²) in [5, 5.41) is 5.20. The predicted molar refractivity (Wildman–Crippen MR) is 127 cm³/mol. The van der Waals surface area contributed by atoms with Gasteiger partial charge in [-0.05, 0) is 29.8 Å². The highest BCUT2D eigenvalue weighted by molar-refractivity contribution is 7.15. The van der Waals surface area contributed by atoms with E-state index < -0.39 is 0 Å². The van der Waals surface area contributed by atoms with Crippen LogP contribution in [0.1, 0.15) is 17.3 Å². The van der Waals surface area contributed by atoms with E-state index in [9.17, 15) is 9.18 Å². The van der Waals surface area contributed by atoms with Crippen molar-refractivity contribution in [3.8, 4) is 11.3 Å². The molecule has 3 heterocycles. The number of benzene rings is 2. The number of amides is 1. The van der Waals surface area contributed by atoms with E-state index in [1.807, 2.05) is 34.2 Å². The largest absolute Gasteiger partial charge is 0.379 e. The molecule has 6 nitrogen and oxygen atoms in total. The fourth-order valence-electron chi connectivity index (χ4n) is 4.09. The fraction of sp³-hybridized carbons (Fsp3) is 0.280. The van der Waals surface area contributed by atoms with Crippen LogP contribution in [-0.4, -0.2) is 53.0 Å². The van der Waals surface area contributed by atoms with Crippen LogP contribution in [0.3, 0.4) is 0 Å². The maximum Gasteiger partial charge on any atom is 0.226 e. The van der Waals surface area contributed by atoms with Crippen molar-refractivity contribution in [1.29, 1.82) is 0 Å². The molecule has 4 aromatic rings. The van der Waals surface area contributed by atoms with Crippen LogP contribution >= 0.6 is 11.3 Å². The molecule has 5 rings (SSSR count). The number of imidazole rings is 1. The van der Waals surface area contributed by atoms with Crippen molar-refractivity contribution in [2.24, 2.45) is 0 Å². The van der Waals surface area contributed by atoms with Gasteiger partial charge in [0.1, 0.15) is 5.82 Å². The summed E-state index contributed by atoms with van der Waals surface area (Å²) in [5.41, 5.74) is 3.58. The Morgan fingerprint density at radius 1 is 1.12 bits per heavy atom. The third-order valence-electron chi connectivity index (χ3n) is 5.85. The van der Waals surface area contributed by atoms with Crippen LogP contribution in [0.25, 0.3) is 16.2 Å². The molecule has 1 amide bonds. The van der Waals surface area contributed by atoms with E-state index in [0.717, 1.165) is 60.3 Å². The van der Waals surface area contributed by atoms with Crippen LogP contribution in [0.5, 0.6) is 0 Å². The highest BCUT2D eigenvalue weighted by atomic mass is 32.1. The lowest BCUT2D eigenvalue weighted by molar-refractivity contribution is -0.121. The lowest BCUT2D eigenvalue weighted by Gasteiger charge is -2.31. The molecule has 0 aliphatic carbocycles. The number of carbonyl (C=O) groups excluding carboxylic acids is 1. The second kappa shape index (κ2) is 9.82. The minimum absolute atomic E-state index is 0.0335. The van der Waals surface area contributed by atoms with Crippen molar-refractivity contribution in [1.82, 2.24) is 19.6 Å². The minimum Gasteiger partial charge on any atom is -0.379 e. The maximum atomic E-state index is 13.3. The topological polar surface area (TPSA) is 58.9 Å². The van der Waals surface area contributed by atoms with Gasteiger partial charge in [0.05, 0.1) is 31.4 Å².